The van der Waals surface area contributed by atoms with Gasteiger partial charge in [-0.05, 0) is 51.3 Å². The van der Waals surface area contributed by atoms with Gasteiger partial charge in [-0.1, -0.05) is 59.8 Å². The van der Waals surface area contributed by atoms with Gasteiger partial charge in [0.1, 0.15) is 11.1 Å². The molecule has 1 atom stereocenters. The average molecular weight is 449 g/mol. The van der Waals surface area contributed by atoms with Gasteiger partial charge < -0.3 is 14.6 Å². The summed E-state index contributed by atoms with van der Waals surface area (Å²) in [7, 11) is 0. The summed E-state index contributed by atoms with van der Waals surface area (Å²) in [5.74, 6) is 1.22. The minimum Gasteiger partial charge on any atom is -0.444 e. The van der Waals surface area contributed by atoms with Gasteiger partial charge in [-0.3, -0.25) is 4.90 Å². The first-order valence-electron chi connectivity index (χ1n) is 11.3. The molecule has 7 heteroatoms. The van der Waals surface area contributed by atoms with Gasteiger partial charge >= 0.3 is 6.09 Å². The van der Waals surface area contributed by atoms with Crippen LogP contribution in [0.4, 0.5) is 4.79 Å². The first-order valence-corrected chi connectivity index (χ1v) is 11.3. The van der Waals surface area contributed by atoms with Crippen LogP contribution in [0, 0.1) is 0 Å². The lowest BCUT2D eigenvalue weighted by Crippen LogP contribution is -2.44. The number of carbonyl (C=O) groups excluding carboxylic acids is 1. The number of benzene rings is 2. The van der Waals surface area contributed by atoms with E-state index in [2.05, 4.69) is 68.9 Å². The van der Waals surface area contributed by atoms with E-state index in [9.17, 15) is 4.79 Å². The van der Waals surface area contributed by atoms with Crippen molar-refractivity contribution in [3.63, 3.8) is 0 Å². The smallest absolute Gasteiger partial charge is 0.408 e. The molecule has 0 radical (unpaired) electrons. The van der Waals surface area contributed by atoms with E-state index in [1.54, 1.807) is 0 Å². The van der Waals surface area contributed by atoms with E-state index in [1.807, 2.05) is 40.7 Å². The van der Waals surface area contributed by atoms with E-state index < -0.39 is 17.2 Å². The molecule has 2 aromatic carbocycles. The molecule has 0 aliphatic carbocycles. The fourth-order valence-corrected chi connectivity index (χ4v) is 4.15. The van der Waals surface area contributed by atoms with Gasteiger partial charge in [-0.15, -0.1) is 0 Å². The largest absolute Gasteiger partial charge is 0.444 e. The molecular formula is C26H32N4O3. The predicted molar refractivity (Wildman–Crippen MR) is 126 cm³/mol. The molecule has 1 aliphatic rings. The van der Waals surface area contributed by atoms with Crippen LogP contribution in [0.3, 0.4) is 0 Å². The summed E-state index contributed by atoms with van der Waals surface area (Å²) in [4.78, 5) is 19.1. The first kappa shape index (κ1) is 23.0. The second kappa shape index (κ2) is 8.98. The molecule has 1 amide bonds. The summed E-state index contributed by atoms with van der Waals surface area (Å²) in [6, 6.07) is 19.2. The number of ether oxygens (including phenoxy) is 1. The standard InChI is InChI=1S/C26H32N4O3/c1-25(2,3)32-24(31)28-26(4,5)23-27-22(33-29-23)17-30-15-19-13-9-10-14-20(19)21(16-30)18-11-7-6-8-12-18/h6-14,21H,15-17H2,1-5H3,(H,28,31)/t21-/m1/s1. The summed E-state index contributed by atoms with van der Waals surface area (Å²) in [6.45, 7) is 11.3. The van der Waals surface area contributed by atoms with Crippen molar-refractivity contribution in [1.82, 2.24) is 20.4 Å². The highest BCUT2D eigenvalue weighted by molar-refractivity contribution is 5.68. The van der Waals surface area contributed by atoms with E-state index in [4.69, 9.17) is 9.26 Å². The number of hydrogen-bond donors (Lipinski definition) is 1. The molecule has 3 aromatic rings. The maximum atomic E-state index is 12.2. The van der Waals surface area contributed by atoms with Crippen molar-refractivity contribution in [3.05, 3.63) is 83.0 Å². The Morgan fingerprint density at radius 3 is 2.52 bits per heavy atom. The van der Waals surface area contributed by atoms with Gasteiger partial charge in [0.2, 0.25) is 5.89 Å². The normalized spacial score (nSPS) is 16.8. The van der Waals surface area contributed by atoms with Crippen LogP contribution in [-0.2, 0) is 23.4 Å². The molecule has 0 fully saturated rings. The molecule has 0 saturated heterocycles. The second-order valence-corrected chi connectivity index (χ2v) is 10.1. The Morgan fingerprint density at radius 1 is 1.09 bits per heavy atom. The highest BCUT2D eigenvalue weighted by Gasteiger charge is 2.32. The molecular weight excluding hydrogens is 416 g/mol. The van der Waals surface area contributed by atoms with E-state index in [1.165, 1.54) is 16.7 Å². The van der Waals surface area contributed by atoms with Crippen molar-refractivity contribution in [1.29, 1.82) is 0 Å². The van der Waals surface area contributed by atoms with Crippen LogP contribution >= 0.6 is 0 Å². The molecule has 0 unspecified atom stereocenters. The molecule has 1 aliphatic heterocycles. The Bertz CT molecular complexity index is 1100. The van der Waals surface area contributed by atoms with Crippen LogP contribution in [0.15, 0.2) is 59.1 Å². The molecule has 7 nitrogen and oxygen atoms in total. The number of carbonyl (C=O) groups is 1. The van der Waals surface area contributed by atoms with Crippen molar-refractivity contribution in [2.45, 2.75) is 64.8 Å². The SMILES string of the molecule is CC(C)(C)OC(=O)NC(C)(C)c1noc(CN2Cc3ccccc3[C@@H](c3ccccc3)C2)n1. The maximum Gasteiger partial charge on any atom is 0.408 e. The monoisotopic (exact) mass is 448 g/mol. The highest BCUT2D eigenvalue weighted by Crippen LogP contribution is 2.34. The molecule has 174 valence electrons. The fraction of sp³-hybridized carbons (Fsp3) is 0.423. The third kappa shape index (κ3) is 5.60. The molecule has 0 saturated carbocycles. The number of nitrogens with one attached hydrogen (secondary N) is 1. The predicted octanol–water partition coefficient (Wildman–Crippen LogP) is 4.98. The molecule has 4 rings (SSSR count). The van der Waals surface area contributed by atoms with Crippen molar-refractivity contribution < 1.29 is 14.1 Å². The number of hydrogen-bond acceptors (Lipinski definition) is 6. The Kier molecular flexibility index (Phi) is 6.26. The van der Waals surface area contributed by atoms with Gasteiger partial charge in [0, 0.05) is 19.0 Å². The third-order valence-electron chi connectivity index (χ3n) is 5.67. The van der Waals surface area contributed by atoms with Crippen LogP contribution in [0.2, 0.25) is 0 Å². The molecule has 2 heterocycles. The second-order valence-electron chi connectivity index (χ2n) is 10.1. The molecule has 0 bridgehead atoms. The number of amides is 1. The molecule has 1 aromatic heterocycles. The molecule has 1 N–H and O–H groups in total. The molecule has 0 spiro atoms. The van der Waals surface area contributed by atoms with E-state index in [-0.39, 0.29) is 5.92 Å². The van der Waals surface area contributed by atoms with Crippen LogP contribution in [0.25, 0.3) is 0 Å². The number of rotatable bonds is 5. The number of aromatic nitrogens is 2. The van der Waals surface area contributed by atoms with Gasteiger partial charge in [0.05, 0.1) is 6.54 Å². The highest BCUT2D eigenvalue weighted by atomic mass is 16.6. The number of fused-ring (bicyclic) bond motifs is 1. The Balaban J connectivity index is 1.48. The summed E-state index contributed by atoms with van der Waals surface area (Å²) >= 11 is 0. The summed E-state index contributed by atoms with van der Waals surface area (Å²) in [5, 5.41) is 6.97. The van der Waals surface area contributed by atoms with Gasteiger partial charge in [0.15, 0.2) is 5.82 Å². The third-order valence-corrected chi connectivity index (χ3v) is 5.67. The van der Waals surface area contributed by atoms with Crippen LogP contribution in [0.1, 0.15) is 68.9 Å². The number of nitrogens with zero attached hydrogens (tertiary/aromatic N) is 3. The lowest BCUT2D eigenvalue weighted by Gasteiger charge is -2.34. The minimum atomic E-state index is -0.828. The summed E-state index contributed by atoms with van der Waals surface area (Å²) in [6.07, 6.45) is -0.516. The Labute approximate surface area is 195 Å². The van der Waals surface area contributed by atoms with Crippen molar-refractivity contribution in [2.75, 3.05) is 6.54 Å². The summed E-state index contributed by atoms with van der Waals surface area (Å²) in [5.41, 5.74) is 2.56. The zero-order chi connectivity index (χ0) is 23.6. The van der Waals surface area contributed by atoms with Gasteiger partial charge in [-0.2, -0.15) is 4.98 Å². The first-order chi connectivity index (χ1) is 15.6. The van der Waals surface area contributed by atoms with Crippen molar-refractivity contribution in [2.24, 2.45) is 0 Å². The van der Waals surface area contributed by atoms with Crippen LogP contribution in [0.5, 0.6) is 0 Å². The van der Waals surface area contributed by atoms with E-state index in [0.717, 1.165) is 13.1 Å². The van der Waals surface area contributed by atoms with Crippen molar-refractivity contribution in [3.8, 4) is 0 Å². The zero-order valence-electron chi connectivity index (χ0n) is 20.0. The van der Waals surface area contributed by atoms with Crippen LogP contribution < -0.4 is 5.32 Å². The van der Waals surface area contributed by atoms with Crippen LogP contribution in [-0.4, -0.2) is 33.3 Å². The van der Waals surface area contributed by atoms with Crippen molar-refractivity contribution >= 4 is 6.09 Å². The fourth-order valence-electron chi connectivity index (χ4n) is 4.15. The topological polar surface area (TPSA) is 80.5 Å². The van der Waals surface area contributed by atoms with Gasteiger partial charge in [0.25, 0.3) is 0 Å². The van der Waals surface area contributed by atoms with E-state index >= 15 is 0 Å². The average Bonchev–Trinajstić information content (AvgIpc) is 3.21. The number of alkyl carbamates (subject to hydrolysis) is 1. The maximum absolute atomic E-state index is 12.2. The lowest BCUT2D eigenvalue weighted by molar-refractivity contribution is 0.0465. The zero-order valence-corrected chi connectivity index (χ0v) is 20.0. The summed E-state index contributed by atoms with van der Waals surface area (Å²) < 4.78 is 10.9. The van der Waals surface area contributed by atoms with E-state index in [0.29, 0.717) is 18.3 Å². The lowest BCUT2D eigenvalue weighted by atomic mass is 9.85. The molecule has 33 heavy (non-hydrogen) atoms. The Morgan fingerprint density at radius 2 is 1.79 bits per heavy atom. The Hall–Kier alpha value is -3.19. The van der Waals surface area contributed by atoms with Gasteiger partial charge in [-0.25, -0.2) is 4.79 Å². The quantitative estimate of drug-likeness (QED) is 0.593. The minimum absolute atomic E-state index is 0.281.